The van der Waals surface area contributed by atoms with Gasteiger partial charge >= 0.3 is 5.97 Å². The number of likely N-dealkylation sites (N-methyl/N-ethyl adjacent to an activating group) is 1. The van der Waals surface area contributed by atoms with E-state index in [1.165, 1.54) is 26.4 Å². The third-order valence-corrected chi connectivity index (χ3v) is 4.92. The summed E-state index contributed by atoms with van der Waals surface area (Å²) in [6, 6.07) is 0. The van der Waals surface area contributed by atoms with Gasteiger partial charge in [0.05, 0.1) is 7.11 Å². The van der Waals surface area contributed by atoms with Crippen LogP contribution in [0.5, 0.6) is 0 Å². The van der Waals surface area contributed by atoms with Crippen LogP contribution in [-0.4, -0.2) is 50.2 Å². The van der Waals surface area contributed by atoms with Crippen molar-refractivity contribution in [3.8, 4) is 0 Å². The van der Waals surface area contributed by atoms with Gasteiger partial charge in [-0.1, -0.05) is 13.8 Å². The molecule has 4 heteroatoms. The van der Waals surface area contributed by atoms with Gasteiger partial charge in [0.15, 0.2) is 0 Å². The van der Waals surface area contributed by atoms with Gasteiger partial charge in [0.1, 0.15) is 5.54 Å². The fourth-order valence-electron chi connectivity index (χ4n) is 3.01. The van der Waals surface area contributed by atoms with E-state index in [1.54, 1.807) is 0 Å². The molecule has 0 aliphatic carbocycles. The Balaban J connectivity index is 2.47. The zero-order valence-electron chi connectivity index (χ0n) is 13.9. The Bertz CT molecular complexity index is 307. The number of carbonyl (C=O) groups excluding carboxylic acids is 1. The van der Waals surface area contributed by atoms with Crippen molar-refractivity contribution < 1.29 is 9.53 Å². The molecule has 1 saturated heterocycles. The van der Waals surface area contributed by atoms with Crippen LogP contribution >= 0.6 is 0 Å². The smallest absolute Gasteiger partial charge is 0.325 e. The first-order chi connectivity index (χ1) is 9.42. The van der Waals surface area contributed by atoms with Crippen molar-refractivity contribution in [1.82, 2.24) is 10.2 Å². The van der Waals surface area contributed by atoms with Gasteiger partial charge in [-0.3, -0.25) is 4.79 Å². The fraction of sp³-hybridized carbons (Fsp3) is 0.938. The van der Waals surface area contributed by atoms with E-state index in [-0.39, 0.29) is 5.97 Å². The van der Waals surface area contributed by atoms with Gasteiger partial charge in [-0.2, -0.15) is 0 Å². The molecule has 0 aromatic heterocycles. The molecule has 2 unspecified atom stereocenters. The minimum atomic E-state index is -0.571. The number of carbonyl (C=O) groups is 1. The first-order valence-electron chi connectivity index (χ1n) is 7.92. The number of hydrogen-bond acceptors (Lipinski definition) is 4. The lowest BCUT2D eigenvalue weighted by molar-refractivity contribution is -0.148. The first-order valence-corrected chi connectivity index (χ1v) is 7.92. The van der Waals surface area contributed by atoms with E-state index in [2.05, 4.69) is 24.1 Å². The van der Waals surface area contributed by atoms with Gasteiger partial charge in [0.2, 0.25) is 0 Å². The van der Waals surface area contributed by atoms with Crippen molar-refractivity contribution in [2.45, 2.75) is 52.0 Å². The number of methoxy groups -OCH3 is 1. The van der Waals surface area contributed by atoms with Gasteiger partial charge in [0, 0.05) is 6.54 Å². The van der Waals surface area contributed by atoms with Gasteiger partial charge in [0.25, 0.3) is 0 Å². The Morgan fingerprint density at radius 3 is 2.65 bits per heavy atom. The molecule has 1 aliphatic rings. The van der Waals surface area contributed by atoms with Crippen LogP contribution in [-0.2, 0) is 9.53 Å². The Morgan fingerprint density at radius 1 is 1.40 bits per heavy atom. The zero-order chi connectivity index (χ0) is 15.2. The van der Waals surface area contributed by atoms with Crippen LogP contribution in [0.2, 0.25) is 0 Å². The van der Waals surface area contributed by atoms with Crippen LogP contribution in [0.15, 0.2) is 0 Å². The summed E-state index contributed by atoms with van der Waals surface area (Å²) < 4.78 is 4.90. The van der Waals surface area contributed by atoms with E-state index in [4.69, 9.17) is 4.74 Å². The van der Waals surface area contributed by atoms with E-state index >= 15 is 0 Å². The second-order valence-electron chi connectivity index (χ2n) is 6.60. The van der Waals surface area contributed by atoms with Gasteiger partial charge in [-0.05, 0) is 64.6 Å². The molecule has 1 heterocycles. The van der Waals surface area contributed by atoms with Crippen LogP contribution in [0.3, 0.4) is 0 Å². The molecule has 1 aliphatic heterocycles. The van der Waals surface area contributed by atoms with Crippen molar-refractivity contribution in [3.05, 3.63) is 0 Å². The number of nitrogens with zero attached hydrogens (tertiary/aromatic N) is 1. The van der Waals surface area contributed by atoms with Crippen LogP contribution in [0.25, 0.3) is 0 Å². The number of likely N-dealkylation sites (tertiary alicyclic amines) is 1. The van der Waals surface area contributed by atoms with Gasteiger partial charge < -0.3 is 15.0 Å². The molecular weight excluding hydrogens is 252 g/mol. The van der Waals surface area contributed by atoms with Crippen LogP contribution < -0.4 is 5.32 Å². The Labute approximate surface area is 124 Å². The Hall–Kier alpha value is -0.610. The van der Waals surface area contributed by atoms with Crippen molar-refractivity contribution >= 4 is 5.97 Å². The lowest BCUT2D eigenvalue weighted by Crippen LogP contribution is -2.50. The van der Waals surface area contributed by atoms with Crippen molar-refractivity contribution in [1.29, 1.82) is 0 Å². The summed E-state index contributed by atoms with van der Waals surface area (Å²) in [6.07, 6.45) is 4.69. The molecule has 2 atom stereocenters. The fourth-order valence-corrected chi connectivity index (χ4v) is 3.01. The molecule has 0 spiro atoms. The summed E-state index contributed by atoms with van der Waals surface area (Å²) in [5.74, 6) is 1.47. The van der Waals surface area contributed by atoms with Crippen LogP contribution in [0.4, 0.5) is 0 Å². The number of esters is 1. The Kier molecular flexibility index (Phi) is 6.96. The predicted octanol–water partition coefficient (Wildman–Crippen LogP) is 2.29. The largest absolute Gasteiger partial charge is 0.468 e. The monoisotopic (exact) mass is 284 g/mol. The molecule has 1 fully saturated rings. The molecule has 0 bridgehead atoms. The maximum atomic E-state index is 11.8. The second kappa shape index (κ2) is 7.99. The number of hydrogen-bond donors (Lipinski definition) is 1. The van der Waals surface area contributed by atoms with Crippen LogP contribution in [0, 0.1) is 11.8 Å². The normalized spacial score (nSPS) is 24.2. The van der Waals surface area contributed by atoms with E-state index < -0.39 is 5.54 Å². The molecule has 0 aromatic rings. The van der Waals surface area contributed by atoms with Crippen molar-refractivity contribution in [2.24, 2.45) is 11.8 Å². The number of nitrogens with one attached hydrogen (secondary N) is 1. The van der Waals surface area contributed by atoms with Crippen molar-refractivity contribution in [2.75, 3.05) is 33.8 Å². The SMILES string of the molecule is CNC(C)(CCN1CCCC(C(C)C)CC1)C(=O)OC. The highest BCUT2D eigenvalue weighted by molar-refractivity contribution is 5.80. The molecule has 1 N–H and O–H groups in total. The third kappa shape index (κ3) is 4.74. The van der Waals surface area contributed by atoms with E-state index in [1.807, 2.05) is 14.0 Å². The average Bonchev–Trinajstić information content (AvgIpc) is 2.69. The highest BCUT2D eigenvalue weighted by Crippen LogP contribution is 2.25. The molecule has 0 amide bonds. The first kappa shape index (κ1) is 17.4. The molecule has 20 heavy (non-hydrogen) atoms. The summed E-state index contributed by atoms with van der Waals surface area (Å²) in [5.41, 5.74) is -0.571. The summed E-state index contributed by atoms with van der Waals surface area (Å²) in [4.78, 5) is 14.3. The Morgan fingerprint density at radius 2 is 2.10 bits per heavy atom. The average molecular weight is 284 g/mol. The van der Waals surface area contributed by atoms with E-state index in [9.17, 15) is 4.79 Å². The molecule has 118 valence electrons. The lowest BCUT2D eigenvalue weighted by atomic mass is 9.89. The maximum Gasteiger partial charge on any atom is 0.325 e. The molecule has 1 rings (SSSR count). The molecule has 0 aromatic carbocycles. The second-order valence-corrected chi connectivity index (χ2v) is 6.60. The topological polar surface area (TPSA) is 41.6 Å². The quantitative estimate of drug-likeness (QED) is 0.760. The number of ether oxygens (including phenoxy) is 1. The van der Waals surface area contributed by atoms with E-state index in [0.29, 0.717) is 0 Å². The molecule has 0 radical (unpaired) electrons. The zero-order valence-corrected chi connectivity index (χ0v) is 13.9. The summed E-state index contributed by atoms with van der Waals surface area (Å²) in [5, 5.41) is 3.11. The summed E-state index contributed by atoms with van der Waals surface area (Å²) in [7, 11) is 3.28. The standard InChI is InChI=1S/C16H32N2O2/c1-13(2)14-7-6-10-18(11-8-14)12-9-16(3,17-4)15(19)20-5/h13-14,17H,6-12H2,1-5H3. The van der Waals surface area contributed by atoms with Crippen LogP contribution in [0.1, 0.15) is 46.5 Å². The third-order valence-electron chi connectivity index (χ3n) is 4.92. The van der Waals surface area contributed by atoms with Gasteiger partial charge in [-0.15, -0.1) is 0 Å². The maximum absolute atomic E-state index is 11.8. The number of rotatable bonds is 6. The molecule has 0 saturated carbocycles. The molecule has 4 nitrogen and oxygen atoms in total. The minimum Gasteiger partial charge on any atom is -0.468 e. The van der Waals surface area contributed by atoms with Gasteiger partial charge in [-0.25, -0.2) is 0 Å². The highest BCUT2D eigenvalue weighted by Gasteiger charge is 2.33. The van der Waals surface area contributed by atoms with E-state index in [0.717, 1.165) is 37.9 Å². The lowest BCUT2D eigenvalue weighted by Gasteiger charge is -2.29. The highest BCUT2D eigenvalue weighted by atomic mass is 16.5. The summed E-state index contributed by atoms with van der Waals surface area (Å²) in [6.45, 7) is 9.85. The van der Waals surface area contributed by atoms with Crippen molar-refractivity contribution in [3.63, 3.8) is 0 Å². The summed E-state index contributed by atoms with van der Waals surface area (Å²) >= 11 is 0. The minimum absolute atomic E-state index is 0.171. The molecular formula is C16H32N2O2. The predicted molar refractivity (Wildman–Crippen MR) is 82.7 cm³/mol.